The third-order valence-corrected chi connectivity index (χ3v) is 4.96. The van der Waals surface area contributed by atoms with Crippen LogP contribution < -0.4 is 0 Å². The number of quaternary nitrogens is 1. The van der Waals surface area contributed by atoms with Crippen molar-refractivity contribution in [3.63, 3.8) is 0 Å². The molecule has 0 aromatic rings. The van der Waals surface area contributed by atoms with Crippen molar-refractivity contribution >= 4 is 0 Å². The van der Waals surface area contributed by atoms with Crippen LogP contribution in [0.15, 0.2) is 0 Å². The molecular formula is C12H22N+. The zero-order valence-corrected chi connectivity index (χ0v) is 9.00. The van der Waals surface area contributed by atoms with E-state index in [1.165, 1.54) is 24.1 Å². The first kappa shape index (κ1) is 8.28. The minimum atomic E-state index is 0.883. The van der Waals surface area contributed by atoms with Crippen LogP contribution in [0.3, 0.4) is 0 Å². The summed E-state index contributed by atoms with van der Waals surface area (Å²) in [4.78, 5) is 0. The molecule has 0 atom stereocenters. The Morgan fingerprint density at radius 2 is 1.23 bits per heavy atom. The second kappa shape index (κ2) is 2.50. The molecule has 4 rings (SSSR count). The lowest BCUT2D eigenvalue weighted by Crippen LogP contribution is -2.68. The molecule has 0 N–H and O–H groups in total. The number of rotatable bonds is 1. The highest BCUT2D eigenvalue weighted by molar-refractivity contribution is 4.88. The zero-order valence-electron chi connectivity index (χ0n) is 9.00. The number of hydrogen-bond acceptors (Lipinski definition) is 0. The van der Waals surface area contributed by atoms with Gasteiger partial charge in [-0.1, -0.05) is 0 Å². The molecule has 0 amide bonds. The van der Waals surface area contributed by atoms with Gasteiger partial charge in [-0.2, -0.15) is 0 Å². The molecule has 74 valence electrons. The average molecular weight is 180 g/mol. The molecule has 4 aliphatic rings. The Bertz CT molecular complexity index is 184. The summed E-state index contributed by atoms with van der Waals surface area (Å²) in [5.74, 6) is 3.32. The van der Waals surface area contributed by atoms with Crippen molar-refractivity contribution in [2.45, 2.75) is 39.2 Å². The summed E-state index contributed by atoms with van der Waals surface area (Å²) in [6.07, 6.45) is 4.72. The van der Waals surface area contributed by atoms with Gasteiger partial charge in [-0.3, -0.25) is 0 Å². The van der Waals surface area contributed by atoms with Crippen LogP contribution in [0.4, 0.5) is 0 Å². The summed E-state index contributed by atoms with van der Waals surface area (Å²) >= 11 is 0. The van der Waals surface area contributed by atoms with E-state index < -0.39 is 0 Å². The third kappa shape index (κ3) is 1.09. The molecule has 0 unspecified atom stereocenters. The average Bonchev–Trinajstić information content (AvgIpc) is 2.00. The molecule has 0 radical (unpaired) electrons. The normalized spacial score (nSPS) is 53.3. The summed E-state index contributed by atoms with van der Waals surface area (Å²) < 4.78 is 1.49. The van der Waals surface area contributed by atoms with Gasteiger partial charge in [0, 0.05) is 17.8 Å². The topological polar surface area (TPSA) is 0 Å². The van der Waals surface area contributed by atoms with Gasteiger partial charge in [-0.05, 0) is 33.1 Å². The molecule has 4 bridgehead atoms. The molecule has 1 heteroatoms. The van der Waals surface area contributed by atoms with Crippen LogP contribution in [0, 0.1) is 17.8 Å². The highest BCUT2D eigenvalue weighted by atomic mass is 15.4. The summed E-state index contributed by atoms with van der Waals surface area (Å²) in [6.45, 7) is 9.43. The summed E-state index contributed by atoms with van der Waals surface area (Å²) in [5.41, 5.74) is 0. The number of piperidine rings is 3. The molecule has 4 fully saturated rings. The van der Waals surface area contributed by atoms with Crippen LogP contribution in [0.2, 0.25) is 0 Å². The van der Waals surface area contributed by atoms with E-state index in [1.807, 2.05) is 0 Å². The lowest BCUT2D eigenvalue weighted by molar-refractivity contribution is -0.972. The van der Waals surface area contributed by atoms with Crippen molar-refractivity contribution in [2.75, 3.05) is 19.6 Å². The van der Waals surface area contributed by atoms with E-state index in [0.717, 1.165) is 23.8 Å². The first-order valence-electron chi connectivity index (χ1n) is 6.04. The van der Waals surface area contributed by atoms with E-state index in [-0.39, 0.29) is 0 Å². The van der Waals surface area contributed by atoms with Crippen LogP contribution in [0.1, 0.15) is 33.1 Å². The van der Waals surface area contributed by atoms with Gasteiger partial charge in [0.1, 0.15) is 0 Å². The van der Waals surface area contributed by atoms with Crippen molar-refractivity contribution in [1.29, 1.82) is 0 Å². The van der Waals surface area contributed by atoms with Crippen molar-refractivity contribution < 1.29 is 4.48 Å². The highest BCUT2D eigenvalue weighted by Crippen LogP contribution is 2.48. The summed E-state index contributed by atoms with van der Waals surface area (Å²) in [5, 5.41) is 0. The fraction of sp³-hybridized carbons (Fsp3) is 1.00. The lowest BCUT2D eigenvalue weighted by atomic mass is 9.66. The van der Waals surface area contributed by atoms with E-state index in [2.05, 4.69) is 13.8 Å². The van der Waals surface area contributed by atoms with Gasteiger partial charge < -0.3 is 4.48 Å². The molecule has 0 aromatic heterocycles. The Morgan fingerprint density at radius 1 is 0.846 bits per heavy atom. The van der Waals surface area contributed by atoms with Crippen molar-refractivity contribution in [3.8, 4) is 0 Å². The molecule has 1 nitrogen and oxygen atoms in total. The second-order valence-corrected chi connectivity index (χ2v) is 6.17. The Balaban J connectivity index is 1.91. The van der Waals surface area contributed by atoms with Crippen molar-refractivity contribution in [2.24, 2.45) is 17.8 Å². The molecule has 3 aliphatic heterocycles. The van der Waals surface area contributed by atoms with Gasteiger partial charge >= 0.3 is 0 Å². The first-order valence-corrected chi connectivity index (χ1v) is 6.04. The van der Waals surface area contributed by atoms with Gasteiger partial charge in [0.05, 0.1) is 25.7 Å². The zero-order chi connectivity index (χ0) is 9.05. The van der Waals surface area contributed by atoms with E-state index in [4.69, 9.17) is 0 Å². The third-order valence-electron chi connectivity index (χ3n) is 4.96. The maximum Gasteiger partial charge on any atom is 0.0833 e. The molecule has 3 saturated heterocycles. The Kier molecular flexibility index (Phi) is 1.59. The summed E-state index contributed by atoms with van der Waals surface area (Å²) in [7, 11) is 0. The van der Waals surface area contributed by atoms with Crippen molar-refractivity contribution in [1.82, 2.24) is 0 Å². The van der Waals surface area contributed by atoms with Crippen LogP contribution in [0.25, 0.3) is 0 Å². The van der Waals surface area contributed by atoms with Gasteiger partial charge in [-0.15, -0.1) is 0 Å². The minimum Gasteiger partial charge on any atom is -0.321 e. The number of hydrogen-bond donors (Lipinski definition) is 0. The fourth-order valence-corrected chi connectivity index (χ4v) is 4.55. The largest absolute Gasteiger partial charge is 0.321 e. The smallest absolute Gasteiger partial charge is 0.0833 e. The highest BCUT2D eigenvalue weighted by Gasteiger charge is 2.52. The predicted octanol–water partition coefficient (Wildman–Crippen LogP) is 2.27. The van der Waals surface area contributed by atoms with Crippen molar-refractivity contribution in [3.05, 3.63) is 0 Å². The monoisotopic (exact) mass is 180 g/mol. The van der Waals surface area contributed by atoms with Gasteiger partial charge in [0.2, 0.25) is 0 Å². The molecule has 3 heterocycles. The second-order valence-electron chi connectivity index (χ2n) is 6.17. The molecule has 0 aromatic carbocycles. The van der Waals surface area contributed by atoms with Crippen LogP contribution in [0.5, 0.6) is 0 Å². The Labute approximate surface area is 81.7 Å². The number of nitrogens with zero attached hydrogens (tertiary/aromatic N) is 1. The molecule has 0 spiro atoms. The Morgan fingerprint density at radius 3 is 1.54 bits per heavy atom. The SMILES string of the molecule is CC(C)[N+]12CC3CC(CC(C3)C1)C2. The molecular weight excluding hydrogens is 158 g/mol. The maximum atomic E-state index is 2.44. The van der Waals surface area contributed by atoms with Crippen LogP contribution in [-0.4, -0.2) is 30.2 Å². The molecule has 13 heavy (non-hydrogen) atoms. The predicted molar refractivity (Wildman–Crippen MR) is 54.3 cm³/mol. The standard InChI is InChI=1S/C12H22N/c1-9(2)13-6-10-3-11(7-13)5-12(4-10)8-13/h9-12H,3-8H2,1-2H3/q+1. The van der Waals surface area contributed by atoms with E-state index in [9.17, 15) is 0 Å². The Hall–Kier alpha value is -0.0400. The van der Waals surface area contributed by atoms with Gasteiger partial charge in [-0.25, -0.2) is 0 Å². The van der Waals surface area contributed by atoms with E-state index in [1.54, 1.807) is 19.3 Å². The first-order chi connectivity index (χ1) is 6.18. The fourth-order valence-electron chi connectivity index (χ4n) is 4.55. The molecule has 1 aliphatic carbocycles. The van der Waals surface area contributed by atoms with Crippen LogP contribution in [-0.2, 0) is 0 Å². The quantitative estimate of drug-likeness (QED) is 0.543. The van der Waals surface area contributed by atoms with E-state index in [0.29, 0.717) is 0 Å². The van der Waals surface area contributed by atoms with E-state index >= 15 is 0 Å². The maximum absolute atomic E-state index is 2.44. The minimum absolute atomic E-state index is 0.883. The molecule has 1 saturated carbocycles. The summed E-state index contributed by atoms with van der Waals surface area (Å²) in [6, 6.07) is 0.883. The van der Waals surface area contributed by atoms with Crippen LogP contribution >= 0.6 is 0 Å². The van der Waals surface area contributed by atoms with Gasteiger partial charge in [0.25, 0.3) is 0 Å². The lowest BCUT2D eigenvalue weighted by Gasteiger charge is -2.59. The van der Waals surface area contributed by atoms with Gasteiger partial charge in [0.15, 0.2) is 0 Å².